The molecule has 1 aromatic rings. The highest BCUT2D eigenvalue weighted by Gasteiger charge is 2.65. The van der Waals surface area contributed by atoms with E-state index >= 15 is 0 Å². The van der Waals surface area contributed by atoms with E-state index in [4.69, 9.17) is 4.74 Å². The third kappa shape index (κ3) is 2.10. The number of piperidine rings is 1. The maximum atomic E-state index is 12.5. The molecule has 1 N–H and O–H groups in total. The maximum absolute atomic E-state index is 12.5. The zero-order valence-corrected chi connectivity index (χ0v) is 15.0. The Hall–Kier alpha value is -1.39. The van der Waals surface area contributed by atoms with Crippen molar-refractivity contribution in [2.75, 3.05) is 20.2 Å². The van der Waals surface area contributed by atoms with Gasteiger partial charge in [-0.1, -0.05) is 12.1 Å². The van der Waals surface area contributed by atoms with Crippen molar-refractivity contribution in [2.24, 2.45) is 5.92 Å². The van der Waals surface area contributed by atoms with Crippen LogP contribution in [0.2, 0.25) is 0 Å². The second kappa shape index (κ2) is 5.31. The maximum Gasteiger partial charge on any atom is 0.134 e. The number of carbonyl (C=O) groups is 1. The van der Waals surface area contributed by atoms with E-state index in [-0.39, 0.29) is 11.8 Å². The summed E-state index contributed by atoms with van der Waals surface area (Å²) in [5.41, 5.74) is 1.11. The predicted molar refractivity (Wildman–Crippen MR) is 94.9 cm³/mol. The Kier molecular flexibility index (Phi) is 3.36. The monoisotopic (exact) mass is 341 g/mol. The molecule has 1 saturated heterocycles. The number of ether oxygens (including phenoxy) is 1. The molecule has 0 aromatic heterocycles. The summed E-state index contributed by atoms with van der Waals surface area (Å²) in [4.78, 5) is 15.0. The molecule has 0 amide bonds. The number of aliphatic hydroxyl groups is 1. The van der Waals surface area contributed by atoms with Crippen molar-refractivity contribution in [3.63, 3.8) is 0 Å². The van der Waals surface area contributed by atoms with Crippen LogP contribution in [0.3, 0.4) is 0 Å². The molecule has 3 fully saturated rings. The highest BCUT2D eigenvalue weighted by Crippen LogP contribution is 2.59. The predicted octanol–water partition coefficient (Wildman–Crippen LogP) is 2.46. The van der Waals surface area contributed by atoms with E-state index in [1.165, 1.54) is 18.4 Å². The van der Waals surface area contributed by atoms with Gasteiger partial charge in [0.05, 0.1) is 12.7 Å². The van der Waals surface area contributed by atoms with Crippen LogP contribution in [0.4, 0.5) is 0 Å². The summed E-state index contributed by atoms with van der Waals surface area (Å²) in [6.45, 7) is 2.09. The lowest BCUT2D eigenvalue weighted by Gasteiger charge is -2.63. The fourth-order valence-corrected chi connectivity index (χ4v) is 5.98. The van der Waals surface area contributed by atoms with Gasteiger partial charge in [-0.15, -0.1) is 0 Å². The Balaban J connectivity index is 1.67. The van der Waals surface area contributed by atoms with E-state index in [9.17, 15) is 9.90 Å². The Morgan fingerprint density at radius 1 is 1.32 bits per heavy atom. The molecule has 1 aromatic carbocycles. The third-order valence-electron chi connectivity index (χ3n) is 7.34. The SMILES string of the molecule is COc1cccc2c1[C@]13CCN(CC4CC4)[C@H](C2)C1(O)CCC(=O)C3. The van der Waals surface area contributed by atoms with E-state index < -0.39 is 11.0 Å². The topological polar surface area (TPSA) is 49.8 Å². The molecule has 134 valence electrons. The average molecular weight is 341 g/mol. The molecule has 1 unspecified atom stereocenters. The molecule has 5 rings (SSSR count). The number of carbonyl (C=O) groups excluding carboxylic acids is 1. The number of Topliss-reactive ketones (excluding diaryl/α,β-unsaturated/α-hetero) is 1. The van der Waals surface area contributed by atoms with Crippen molar-refractivity contribution >= 4 is 5.78 Å². The molecule has 25 heavy (non-hydrogen) atoms. The number of nitrogens with zero attached hydrogens (tertiary/aromatic N) is 1. The van der Waals surface area contributed by atoms with E-state index in [0.717, 1.165) is 43.2 Å². The van der Waals surface area contributed by atoms with Gasteiger partial charge in [0.1, 0.15) is 11.5 Å². The van der Waals surface area contributed by atoms with Gasteiger partial charge in [0.25, 0.3) is 0 Å². The molecule has 0 spiro atoms. The third-order valence-corrected chi connectivity index (χ3v) is 7.34. The van der Waals surface area contributed by atoms with Crippen LogP contribution in [0.15, 0.2) is 18.2 Å². The van der Waals surface area contributed by atoms with Crippen LogP contribution in [0.1, 0.15) is 49.7 Å². The summed E-state index contributed by atoms with van der Waals surface area (Å²) in [5.74, 6) is 1.95. The molecule has 2 bridgehead atoms. The van der Waals surface area contributed by atoms with Gasteiger partial charge in [0.2, 0.25) is 0 Å². The molecule has 2 saturated carbocycles. The number of likely N-dealkylation sites (tertiary alicyclic amines) is 1. The first kappa shape index (κ1) is 15.8. The summed E-state index contributed by atoms with van der Waals surface area (Å²) < 4.78 is 5.69. The van der Waals surface area contributed by atoms with Crippen molar-refractivity contribution < 1.29 is 14.6 Å². The van der Waals surface area contributed by atoms with Crippen LogP contribution in [0, 0.1) is 5.92 Å². The summed E-state index contributed by atoms with van der Waals surface area (Å²) >= 11 is 0. The first-order valence-corrected chi connectivity index (χ1v) is 9.72. The van der Waals surface area contributed by atoms with Crippen LogP contribution in [-0.4, -0.2) is 47.6 Å². The molecule has 3 atom stereocenters. The van der Waals surface area contributed by atoms with Crippen LogP contribution in [-0.2, 0) is 16.6 Å². The molecule has 0 radical (unpaired) electrons. The molecule has 4 nitrogen and oxygen atoms in total. The first-order chi connectivity index (χ1) is 12.1. The Morgan fingerprint density at radius 3 is 2.92 bits per heavy atom. The molecule has 1 heterocycles. The number of rotatable bonds is 3. The fourth-order valence-electron chi connectivity index (χ4n) is 5.98. The number of fused-ring (bicyclic) bond motifs is 1. The van der Waals surface area contributed by atoms with Crippen LogP contribution in [0.5, 0.6) is 5.75 Å². The van der Waals surface area contributed by atoms with Crippen LogP contribution < -0.4 is 4.74 Å². The fraction of sp³-hybridized carbons (Fsp3) is 0.667. The Labute approximate surface area is 149 Å². The van der Waals surface area contributed by atoms with Crippen LogP contribution >= 0.6 is 0 Å². The summed E-state index contributed by atoms with van der Waals surface area (Å²) in [5, 5.41) is 12.0. The number of hydrogen-bond donors (Lipinski definition) is 1. The lowest BCUT2D eigenvalue weighted by Crippen LogP contribution is -2.73. The van der Waals surface area contributed by atoms with E-state index in [0.29, 0.717) is 19.3 Å². The van der Waals surface area contributed by atoms with Gasteiger partial charge in [-0.05, 0) is 56.2 Å². The minimum atomic E-state index is -0.810. The normalized spacial score (nSPS) is 37.4. The minimum absolute atomic E-state index is 0.134. The van der Waals surface area contributed by atoms with E-state index in [1.54, 1.807) is 7.11 Å². The quantitative estimate of drug-likeness (QED) is 0.917. The number of hydrogen-bond acceptors (Lipinski definition) is 4. The zero-order valence-electron chi connectivity index (χ0n) is 15.0. The van der Waals surface area contributed by atoms with Gasteiger partial charge >= 0.3 is 0 Å². The largest absolute Gasteiger partial charge is 0.496 e. The van der Waals surface area contributed by atoms with E-state index in [1.807, 2.05) is 12.1 Å². The Bertz CT molecular complexity index is 728. The molecule has 3 aliphatic carbocycles. The highest BCUT2D eigenvalue weighted by molar-refractivity contribution is 5.83. The minimum Gasteiger partial charge on any atom is -0.496 e. The summed E-state index contributed by atoms with van der Waals surface area (Å²) in [7, 11) is 1.70. The second-order valence-electron chi connectivity index (χ2n) is 8.62. The van der Waals surface area contributed by atoms with Crippen molar-refractivity contribution in [3.8, 4) is 5.75 Å². The zero-order chi connectivity index (χ0) is 17.2. The van der Waals surface area contributed by atoms with Gasteiger partial charge in [-0.2, -0.15) is 0 Å². The first-order valence-electron chi connectivity index (χ1n) is 9.72. The van der Waals surface area contributed by atoms with Gasteiger partial charge in [0.15, 0.2) is 0 Å². The van der Waals surface area contributed by atoms with E-state index in [2.05, 4.69) is 11.0 Å². The van der Waals surface area contributed by atoms with Gasteiger partial charge in [0, 0.05) is 36.4 Å². The second-order valence-corrected chi connectivity index (χ2v) is 8.62. The lowest BCUT2D eigenvalue weighted by molar-refractivity contribution is -0.173. The van der Waals surface area contributed by atoms with Crippen molar-refractivity contribution in [1.29, 1.82) is 0 Å². The average Bonchev–Trinajstić information content (AvgIpc) is 3.41. The smallest absolute Gasteiger partial charge is 0.134 e. The lowest BCUT2D eigenvalue weighted by atomic mass is 9.49. The Morgan fingerprint density at radius 2 is 2.16 bits per heavy atom. The van der Waals surface area contributed by atoms with Gasteiger partial charge in [-0.25, -0.2) is 0 Å². The number of ketones is 1. The molecular formula is C21H27NO3. The highest BCUT2D eigenvalue weighted by atomic mass is 16.5. The van der Waals surface area contributed by atoms with Gasteiger partial charge in [-0.3, -0.25) is 9.69 Å². The molecule has 1 aliphatic heterocycles. The van der Waals surface area contributed by atoms with Crippen molar-refractivity contribution in [3.05, 3.63) is 29.3 Å². The standard InChI is InChI=1S/C21H27NO3/c1-25-17-4-2-3-15-11-18-21(24)8-7-16(23)12-20(21,19(15)17)9-10-22(18)13-14-5-6-14/h2-4,14,18,24H,5-13H2,1H3/t18-,20-,21?/m1/s1. The van der Waals surface area contributed by atoms with Crippen molar-refractivity contribution in [2.45, 2.75) is 62.0 Å². The van der Waals surface area contributed by atoms with Crippen molar-refractivity contribution in [1.82, 2.24) is 4.90 Å². The number of methoxy groups -OCH3 is 1. The summed E-state index contributed by atoms with van der Waals surface area (Å²) in [6, 6.07) is 6.34. The number of benzene rings is 1. The molecule has 4 aliphatic rings. The van der Waals surface area contributed by atoms with Gasteiger partial charge < -0.3 is 9.84 Å². The molecule has 4 heteroatoms. The summed E-state index contributed by atoms with van der Waals surface area (Å²) in [6.07, 6.45) is 5.94. The van der Waals surface area contributed by atoms with Crippen LogP contribution in [0.25, 0.3) is 0 Å². The molecular weight excluding hydrogens is 314 g/mol.